The number of rotatable bonds is 2. The number of carbonyl (C=O) groups is 2. The molecule has 118 valence electrons. The van der Waals surface area contributed by atoms with E-state index in [0.29, 0.717) is 32.5 Å². The van der Waals surface area contributed by atoms with Crippen LogP contribution >= 0.6 is 0 Å². The molecule has 6 heteroatoms. The van der Waals surface area contributed by atoms with Crippen molar-refractivity contribution in [2.75, 3.05) is 26.2 Å². The number of hydrogen-bond acceptors (Lipinski definition) is 4. The second kappa shape index (κ2) is 6.36. The van der Waals surface area contributed by atoms with Crippen LogP contribution in [0.5, 0.6) is 0 Å². The lowest BCUT2D eigenvalue weighted by Crippen LogP contribution is -2.58. The molecule has 2 saturated heterocycles. The number of nitrogens with zero attached hydrogens (tertiary/aromatic N) is 1. The molecule has 3 rings (SSSR count). The maximum atomic E-state index is 12.1. The Balaban J connectivity index is 1.47. The van der Waals surface area contributed by atoms with Crippen LogP contribution in [0, 0.1) is 0 Å². The zero-order valence-electron chi connectivity index (χ0n) is 12.4. The largest absolute Gasteiger partial charge is 0.445 e. The van der Waals surface area contributed by atoms with Crippen molar-refractivity contribution in [2.45, 2.75) is 25.0 Å². The Bertz CT molecular complexity index is 526. The van der Waals surface area contributed by atoms with Crippen molar-refractivity contribution < 1.29 is 19.1 Å². The van der Waals surface area contributed by atoms with Crippen molar-refractivity contribution in [3.8, 4) is 0 Å². The summed E-state index contributed by atoms with van der Waals surface area (Å²) in [6.07, 6.45) is 1.14. The van der Waals surface area contributed by atoms with Crippen molar-refractivity contribution in [3.05, 3.63) is 35.9 Å². The van der Waals surface area contributed by atoms with Gasteiger partial charge in [-0.2, -0.15) is 0 Å². The summed E-state index contributed by atoms with van der Waals surface area (Å²) in [7, 11) is 0. The third-order valence-corrected chi connectivity index (χ3v) is 4.26. The van der Waals surface area contributed by atoms with Crippen LogP contribution in [0.1, 0.15) is 18.4 Å². The number of piperidine rings is 1. The van der Waals surface area contributed by atoms with Crippen LogP contribution in [0.15, 0.2) is 30.3 Å². The molecular formula is C16H20N2O4. The highest BCUT2D eigenvalue weighted by molar-refractivity contribution is 5.78. The predicted molar refractivity (Wildman–Crippen MR) is 79.1 cm³/mol. The minimum absolute atomic E-state index is 0.0738. The number of amides is 2. The van der Waals surface area contributed by atoms with Crippen molar-refractivity contribution in [1.82, 2.24) is 10.2 Å². The van der Waals surface area contributed by atoms with Crippen LogP contribution in [-0.4, -0.2) is 48.7 Å². The lowest BCUT2D eigenvalue weighted by atomic mass is 9.90. The molecule has 2 aliphatic rings. The first kappa shape index (κ1) is 14.8. The highest BCUT2D eigenvalue weighted by Gasteiger charge is 2.40. The third kappa shape index (κ3) is 3.39. The van der Waals surface area contributed by atoms with E-state index in [4.69, 9.17) is 9.47 Å². The summed E-state index contributed by atoms with van der Waals surface area (Å²) in [6.45, 7) is 2.10. The highest BCUT2D eigenvalue weighted by Crippen LogP contribution is 2.28. The molecule has 2 aliphatic heterocycles. The Morgan fingerprint density at radius 1 is 1.27 bits per heavy atom. The van der Waals surface area contributed by atoms with Gasteiger partial charge in [0, 0.05) is 19.6 Å². The van der Waals surface area contributed by atoms with Gasteiger partial charge in [-0.05, 0) is 18.4 Å². The van der Waals surface area contributed by atoms with Crippen LogP contribution in [-0.2, 0) is 20.9 Å². The second-order valence-electron chi connectivity index (χ2n) is 5.78. The molecule has 2 heterocycles. The van der Waals surface area contributed by atoms with Gasteiger partial charge in [0.15, 0.2) is 0 Å². The summed E-state index contributed by atoms with van der Waals surface area (Å²) >= 11 is 0. The van der Waals surface area contributed by atoms with Crippen molar-refractivity contribution in [1.29, 1.82) is 0 Å². The van der Waals surface area contributed by atoms with Gasteiger partial charge in [-0.1, -0.05) is 30.3 Å². The fraction of sp³-hybridized carbons (Fsp3) is 0.500. The number of benzene rings is 1. The van der Waals surface area contributed by atoms with Crippen LogP contribution in [0.3, 0.4) is 0 Å². The molecular weight excluding hydrogens is 284 g/mol. The number of morpholine rings is 1. The van der Waals surface area contributed by atoms with Gasteiger partial charge < -0.3 is 19.7 Å². The third-order valence-electron chi connectivity index (χ3n) is 4.26. The molecule has 2 amide bonds. The van der Waals surface area contributed by atoms with Crippen LogP contribution in [0.25, 0.3) is 0 Å². The molecule has 0 bridgehead atoms. The normalized spacial score (nSPS) is 20.5. The monoisotopic (exact) mass is 304 g/mol. The molecule has 6 nitrogen and oxygen atoms in total. The second-order valence-corrected chi connectivity index (χ2v) is 5.78. The van der Waals surface area contributed by atoms with E-state index in [1.54, 1.807) is 4.90 Å². The van der Waals surface area contributed by atoms with Crippen molar-refractivity contribution >= 4 is 12.0 Å². The summed E-state index contributed by atoms with van der Waals surface area (Å²) in [6, 6.07) is 9.62. The molecule has 0 aliphatic carbocycles. The van der Waals surface area contributed by atoms with Crippen LogP contribution < -0.4 is 5.32 Å². The van der Waals surface area contributed by atoms with E-state index in [-0.39, 0.29) is 30.8 Å². The quantitative estimate of drug-likeness (QED) is 0.894. The summed E-state index contributed by atoms with van der Waals surface area (Å²) in [5.41, 5.74) is 0.659. The highest BCUT2D eigenvalue weighted by atomic mass is 16.6. The van der Waals surface area contributed by atoms with Gasteiger partial charge in [-0.15, -0.1) is 0 Å². The summed E-state index contributed by atoms with van der Waals surface area (Å²) in [5, 5.41) is 2.83. The fourth-order valence-corrected chi connectivity index (χ4v) is 2.81. The topological polar surface area (TPSA) is 67.9 Å². The number of nitrogens with one attached hydrogen (secondary N) is 1. The van der Waals surface area contributed by atoms with E-state index in [1.165, 1.54) is 0 Å². The molecule has 0 saturated carbocycles. The zero-order chi connectivity index (χ0) is 15.4. The van der Waals surface area contributed by atoms with Gasteiger partial charge in [-0.3, -0.25) is 4.79 Å². The number of ether oxygens (including phenoxy) is 2. The Morgan fingerprint density at radius 2 is 2.00 bits per heavy atom. The van der Waals surface area contributed by atoms with Crippen molar-refractivity contribution in [2.24, 2.45) is 0 Å². The first-order valence-electron chi connectivity index (χ1n) is 7.53. The van der Waals surface area contributed by atoms with E-state index >= 15 is 0 Å². The standard InChI is InChI=1S/C16H20N2O4/c19-14-11-22-16(12-17-14)6-8-18(9-7-16)15(20)21-10-13-4-2-1-3-5-13/h1-5H,6-12H2,(H,17,19). The average Bonchev–Trinajstić information content (AvgIpc) is 2.57. The maximum absolute atomic E-state index is 12.1. The van der Waals surface area contributed by atoms with E-state index in [1.807, 2.05) is 30.3 Å². The van der Waals surface area contributed by atoms with Gasteiger partial charge in [0.25, 0.3) is 0 Å². The minimum Gasteiger partial charge on any atom is -0.445 e. The van der Waals surface area contributed by atoms with Gasteiger partial charge in [-0.25, -0.2) is 4.79 Å². The Kier molecular flexibility index (Phi) is 4.29. The Hall–Kier alpha value is -2.08. The SMILES string of the molecule is O=C1COC2(CCN(C(=O)OCc3ccccc3)CC2)CN1. The van der Waals surface area contributed by atoms with Crippen LogP contribution in [0.2, 0.25) is 0 Å². The van der Waals surface area contributed by atoms with E-state index in [0.717, 1.165) is 5.56 Å². The molecule has 1 aromatic carbocycles. The number of likely N-dealkylation sites (tertiary alicyclic amines) is 1. The van der Waals surface area contributed by atoms with Crippen molar-refractivity contribution in [3.63, 3.8) is 0 Å². The van der Waals surface area contributed by atoms with Gasteiger partial charge in [0.05, 0.1) is 5.60 Å². The van der Waals surface area contributed by atoms with E-state index in [2.05, 4.69) is 5.32 Å². The van der Waals surface area contributed by atoms with Crippen LogP contribution in [0.4, 0.5) is 4.79 Å². The molecule has 0 radical (unpaired) electrons. The molecule has 22 heavy (non-hydrogen) atoms. The molecule has 1 N–H and O–H groups in total. The molecule has 0 atom stereocenters. The smallest absolute Gasteiger partial charge is 0.410 e. The molecule has 1 aromatic rings. The lowest BCUT2D eigenvalue weighted by molar-refractivity contribution is -0.149. The lowest BCUT2D eigenvalue weighted by Gasteiger charge is -2.43. The number of hydrogen-bond donors (Lipinski definition) is 1. The molecule has 0 aromatic heterocycles. The predicted octanol–water partition coefficient (Wildman–Crippen LogP) is 1.30. The average molecular weight is 304 g/mol. The Morgan fingerprint density at radius 3 is 2.64 bits per heavy atom. The fourth-order valence-electron chi connectivity index (χ4n) is 2.81. The molecule has 2 fully saturated rings. The summed E-state index contributed by atoms with van der Waals surface area (Å²) < 4.78 is 11.0. The molecule has 0 unspecified atom stereocenters. The van der Waals surface area contributed by atoms with E-state index in [9.17, 15) is 9.59 Å². The first-order chi connectivity index (χ1) is 10.7. The van der Waals surface area contributed by atoms with Gasteiger partial charge in [0.1, 0.15) is 13.2 Å². The molecule has 1 spiro atoms. The number of carbonyl (C=O) groups excluding carboxylic acids is 2. The zero-order valence-corrected chi connectivity index (χ0v) is 12.4. The minimum atomic E-state index is -0.315. The van der Waals surface area contributed by atoms with Gasteiger partial charge >= 0.3 is 6.09 Å². The summed E-state index contributed by atoms with van der Waals surface area (Å²) in [5.74, 6) is -0.0738. The maximum Gasteiger partial charge on any atom is 0.410 e. The van der Waals surface area contributed by atoms with E-state index < -0.39 is 0 Å². The first-order valence-corrected chi connectivity index (χ1v) is 7.53. The van der Waals surface area contributed by atoms with Gasteiger partial charge in [0.2, 0.25) is 5.91 Å². The Labute approximate surface area is 129 Å². The summed E-state index contributed by atoms with van der Waals surface area (Å²) in [4.78, 5) is 25.0.